The molecule has 2 rings (SSSR count). The van der Waals surface area contributed by atoms with E-state index in [-0.39, 0.29) is 0 Å². The Morgan fingerprint density at radius 2 is 2.19 bits per heavy atom. The van der Waals surface area contributed by atoms with Gasteiger partial charge in [0.05, 0.1) is 6.54 Å². The molecule has 86 valence electrons. The fraction of sp³-hybridized carbons (Fsp3) is 0.417. The van der Waals surface area contributed by atoms with Crippen molar-refractivity contribution in [2.45, 2.75) is 26.6 Å². The maximum Gasteiger partial charge on any atom is 0.128 e. The summed E-state index contributed by atoms with van der Waals surface area (Å²) in [6, 6.07) is 4.21. The third-order valence-electron chi connectivity index (χ3n) is 2.74. The second kappa shape index (κ2) is 4.99. The van der Waals surface area contributed by atoms with Crippen LogP contribution in [0.25, 0.3) is 0 Å². The summed E-state index contributed by atoms with van der Waals surface area (Å²) >= 11 is 0. The highest BCUT2D eigenvalue weighted by molar-refractivity contribution is 5.09. The van der Waals surface area contributed by atoms with Crippen molar-refractivity contribution in [3.8, 4) is 0 Å². The first-order valence-corrected chi connectivity index (χ1v) is 5.63. The number of aromatic nitrogens is 3. The average Bonchev–Trinajstić information content (AvgIpc) is 2.89. The van der Waals surface area contributed by atoms with E-state index in [1.54, 1.807) is 0 Å². The van der Waals surface area contributed by atoms with E-state index in [0.29, 0.717) is 0 Å². The van der Waals surface area contributed by atoms with Gasteiger partial charge in [0, 0.05) is 37.4 Å². The van der Waals surface area contributed by atoms with Crippen LogP contribution in [-0.4, -0.2) is 21.2 Å². The Bertz CT molecular complexity index is 441. The predicted octanol–water partition coefficient (Wildman–Crippen LogP) is 1.47. The van der Waals surface area contributed by atoms with Crippen molar-refractivity contribution < 1.29 is 0 Å². The molecule has 0 aliphatic carbocycles. The van der Waals surface area contributed by atoms with Crippen molar-refractivity contribution in [2.75, 3.05) is 7.05 Å². The zero-order valence-electron chi connectivity index (χ0n) is 9.85. The molecule has 0 radical (unpaired) electrons. The number of imidazole rings is 1. The smallest absolute Gasteiger partial charge is 0.128 e. The van der Waals surface area contributed by atoms with Crippen LogP contribution in [0.2, 0.25) is 0 Å². The van der Waals surface area contributed by atoms with Crippen LogP contribution >= 0.6 is 0 Å². The molecule has 2 aromatic heterocycles. The molecule has 0 spiro atoms. The van der Waals surface area contributed by atoms with Crippen molar-refractivity contribution >= 4 is 0 Å². The SMILES string of the molecule is CCn1ccnc1Cn1cccc1CNC. The van der Waals surface area contributed by atoms with Gasteiger partial charge in [0.1, 0.15) is 5.82 Å². The minimum absolute atomic E-state index is 0.838. The van der Waals surface area contributed by atoms with Crippen molar-refractivity contribution in [3.05, 3.63) is 42.2 Å². The highest BCUT2D eigenvalue weighted by atomic mass is 15.1. The Morgan fingerprint density at radius 1 is 1.31 bits per heavy atom. The molecule has 1 N–H and O–H groups in total. The molecule has 0 atom stereocenters. The van der Waals surface area contributed by atoms with Crippen molar-refractivity contribution in [1.82, 2.24) is 19.4 Å². The van der Waals surface area contributed by atoms with Crippen LogP contribution in [0.3, 0.4) is 0 Å². The van der Waals surface area contributed by atoms with Gasteiger partial charge in [-0.05, 0) is 26.1 Å². The number of hydrogen-bond donors (Lipinski definition) is 1. The van der Waals surface area contributed by atoms with E-state index in [0.717, 1.165) is 25.5 Å². The first-order chi connectivity index (χ1) is 7.85. The van der Waals surface area contributed by atoms with Gasteiger partial charge >= 0.3 is 0 Å². The molecule has 16 heavy (non-hydrogen) atoms. The summed E-state index contributed by atoms with van der Waals surface area (Å²) in [6.07, 6.45) is 5.98. The molecule has 0 saturated heterocycles. The molecular weight excluding hydrogens is 200 g/mol. The summed E-state index contributed by atoms with van der Waals surface area (Å²) in [7, 11) is 1.96. The molecule has 4 nitrogen and oxygen atoms in total. The van der Waals surface area contributed by atoms with Crippen LogP contribution in [0.5, 0.6) is 0 Å². The lowest BCUT2D eigenvalue weighted by molar-refractivity contribution is 0.625. The van der Waals surface area contributed by atoms with E-state index >= 15 is 0 Å². The predicted molar refractivity (Wildman–Crippen MR) is 64.2 cm³/mol. The maximum absolute atomic E-state index is 4.38. The Morgan fingerprint density at radius 3 is 2.94 bits per heavy atom. The molecule has 0 saturated carbocycles. The van der Waals surface area contributed by atoms with Crippen LogP contribution in [-0.2, 0) is 19.6 Å². The van der Waals surface area contributed by atoms with Crippen LogP contribution in [0.4, 0.5) is 0 Å². The third kappa shape index (κ3) is 2.17. The molecule has 2 heterocycles. The topological polar surface area (TPSA) is 34.8 Å². The minimum Gasteiger partial charge on any atom is -0.343 e. The zero-order chi connectivity index (χ0) is 11.4. The lowest BCUT2D eigenvalue weighted by Gasteiger charge is -2.09. The first-order valence-electron chi connectivity index (χ1n) is 5.63. The van der Waals surface area contributed by atoms with Gasteiger partial charge in [-0.15, -0.1) is 0 Å². The lowest BCUT2D eigenvalue weighted by Crippen LogP contribution is -2.13. The molecule has 0 aromatic carbocycles. The van der Waals surface area contributed by atoms with E-state index in [9.17, 15) is 0 Å². The van der Waals surface area contributed by atoms with E-state index in [1.165, 1.54) is 5.69 Å². The lowest BCUT2D eigenvalue weighted by atomic mass is 10.4. The van der Waals surface area contributed by atoms with Gasteiger partial charge in [-0.25, -0.2) is 4.98 Å². The quantitative estimate of drug-likeness (QED) is 0.824. The molecule has 2 aromatic rings. The normalized spacial score (nSPS) is 10.9. The number of nitrogens with one attached hydrogen (secondary N) is 1. The van der Waals surface area contributed by atoms with Gasteiger partial charge < -0.3 is 14.5 Å². The van der Waals surface area contributed by atoms with Gasteiger partial charge in [0.25, 0.3) is 0 Å². The van der Waals surface area contributed by atoms with Crippen molar-refractivity contribution in [2.24, 2.45) is 0 Å². The first kappa shape index (κ1) is 11.0. The molecule has 0 bridgehead atoms. The Balaban J connectivity index is 2.17. The summed E-state index contributed by atoms with van der Waals surface area (Å²) in [5.41, 5.74) is 1.29. The van der Waals surface area contributed by atoms with Crippen molar-refractivity contribution in [1.29, 1.82) is 0 Å². The van der Waals surface area contributed by atoms with Crippen LogP contribution in [0.1, 0.15) is 18.4 Å². The van der Waals surface area contributed by atoms with Gasteiger partial charge in [0.2, 0.25) is 0 Å². The minimum atomic E-state index is 0.838. The molecule has 0 unspecified atom stereocenters. The molecule has 4 heteroatoms. The molecule has 0 amide bonds. The summed E-state index contributed by atoms with van der Waals surface area (Å²) < 4.78 is 4.40. The standard InChI is InChI=1S/C12H18N4/c1-3-15-8-6-14-12(15)10-16-7-4-5-11(16)9-13-2/h4-8,13H,3,9-10H2,1-2H3. The van der Waals surface area contributed by atoms with E-state index in [4.69, 9.17) is 0 Å². The van der Waals surface area contributed by atoms with Gasteiger partial charge in [-0.1, -0.05) is 0 Å². The fourth-order valence-electron chi connectivity index (χ4n) is 1.88. The number of nitrogens with zero attached hydrogens (tertiary/aromatic N) is 3. The second-order valence-electron chi connectivity index (χ2n) is 3.79. The van der Waals surface area contributed by atoms with Crippen LogP contribution < -0.4 is 5.32 Å². The van der Waals surface area contributed by atoms with E-state index in [2.05, 4.69) is 44.7 Å². The number of aryl methyl sites for hydroxylation is 1. The summed E-state index contributed by atoms with van der Waals surface area (Å²) in [5.74, 6) is 1.11. The highest BCUT2D eigenvalue weighted by Crippen LogP contribution is 2.06. The van der Waals surface area contributed by atoms with Crippen LogP contribution in [0, 0.1) is 0 Å². The van der Waals surface area contributed by atoms with Crippen molar-refractivity contribution in [3.63, 3.8) is 0 Å². The maximum atomic E-state index is 4.38. The molecule has 0 aliphatic rings. The highest BCUT2D eigenvalue weighted by Gasteiger charge is 2.04. The zero-order valence-corrected chi connectivity index (χ0v) is 9.85. The van der Waals surface area contributed by atoms with Gasteiger partial charge in [0.15, 0.2) is 0 Å². The average molecular weight is 218 g/mol. The van der Waals surface area contributed by atoms with Gasteiger partial charge in [-0.2, -0.15) is 0 Å². The summed E-state index contributed by atoms with van der Waals surface area (Å²) in [6.45, 7) is 4.83. The van der Waals surface area contributed by atoms with Crippen LogP contribution in [0.15, 0.2) is 30.7 Å². The summed E-state index contributed by atoms with van der Waals surface area (Å²) in [5, 5.41) is 3.17. The molecule has 0 aliphatic heterocycles. The fourth-order valence-corrected chi connectivity index (χ4v) is 1.88. The Labute approximate surface area is 95.9 Å². The number of rotatable bonds is 5. The summed E-state index contributed by atoms with van der Waals surface area (Å²) in [4.78, 5) is 4.38. The largest absolute Gasteiger partial charge is 0.343 e. The molecule has 0 fully saturated rings. The van der Waals surface area contributed by atoms with Gasteiger partial charge in [-0.3, -0.25) is 0 Å². The van der Waals surface area contributed by atoms with E-state index in [1.807, 2.05) is 19.4 Å². The van der Waals surface area contributed by atoms with E-state index < -0.39 is 0 Å². The Hall–Kier alpha value is -1.55. The Kier molecular flexibility index (Phi) is 3.41. The monoisotopic (exact) mass is 218 g/mol. The number of hydrogen-bond acceptors (Lipinski definition) is 2. The third-order valence-corrected chi connectivity index (χ3v) is 2.74. The molecular formula is C12H18N4. The second-order valence-corrected chi connectivity index (χ2v) is 3.79.